The molecule has 0 unspecified atom stereocenters. The molecule has 0 aromatic heterocycles. The maximum atomic E-state index is 13.1. The van der Waals surface area contributed by atoms with Crippen LogP contribution in [0.2, 0.25) is 0 Å². The summed E-state index contributed by atoms with van der Waals surface area (Å²) in [6, 6.07) is 12.9. The van der Waals surface area contributed by atoms with E-state index in [1.54, 1.807) is 36.1 Å². The molecule has 1 heterocycles. The fourth-order valence-electron chi connectivity index (χ4n) is 3.35. The molecule has 2 atom stereocenters. The highest BCUT2D eigenvalue weighted by atomic mass is 79.9. The van der Waals surface area contributed by atoms with Crippen LogP contribution in [0.1, 0.15) is 17.3 Å². The fourth-order valence-corrected chi connectivity index (χ4v) is 5.56. The van der Waals surface area contributed by atoms with Crippen LogP contribution in [0.4, 0.5) is 5.69 Å². The molecule has 0 spiro atoms. The number of sulfonamides is 1. The number of carbonyl (C=O) groups excluding carboxylic acids is 1. The van der Waals surface area contributed by atoms with Crippen molar-refractivity contribution in [3.05, 3.63) is 70.3 Å². The van der Waals surface area contributed by atoms with Gasteiger partial charge in [0.05, 0.1) is 15.9 Å². The molecule has 1 amide bonds. The van der Waals surface area contributed by atoms with E-state index in [0.717, 1.165) is 0 Å². The van der Waals surface area contributed by atoms with Gasteiger partial charge < -0.3 is 4.90 Å². The van der Waals surface area contributed by atoms with Crippen LogP contribution in [0.3, 0.4) is 0 Å². The van der Waals surface area contributed by atoms with Gasteiger partial charge in [-0.25, -0.2) is 8.42 Å². The Morgan fingerprint density at radius 3 is 2.31 bits per heavy atom. The highest BCUT2D eigenvalue weighted by Crippen LogP contribution is 2.27. The normalized spacial score (nSPS) is 20.4. The number of hydrogen-bond donors (Lipinski definition) is 0. The first kappa shape index (κ1) is 21.4. The second kappa shape index (κ2) is 8.60. The van der Waals surface area contributed by atoms with Gasteiger partial charge in [0.2, 0.25) is 10.0 Å². The maximum absolute atomic E-state index is 13.1. The molecule has 1 aliphatic rings. The molecule has 154 valence electrons. The summed E-state index contributed by atoms with van der Waals surface area (Å²) in [5.41, 5.74) is 0.380. The summed E-state index contributed by atoms with van der Waals surface area (Å²) >= 11 is 3.40. The number of hydrogen-bond acceptors (Lipinski definition) is 5. The summed E-state index contributed by atoms with van der Waals surface area (Å²) < 4.78 is 27.6. The fraction of sp³-hybridized carbons (Fsp3) is 0.316. The molecule has 1 saturated heterocycles. The average molecular weight is 482 g/mol. The van der Waals surface area contributed by atoms with E-state index in [9.17, 15) is 23.3 Å². The van der Waals surface area contributed by atoms with Crippen molar-refractivity contribution >= 4 is 37.5 Å². The topological polar surface area (TPSA) is 101 Å². The number of rotatable bonds is 5. The molecule has 10 heteroatoms. The summed E-state index contributed by atoms with van der Waals surface area (Å²) in [4.78, 5) is 24.8. The molecule has 0 N–H and O–H groups in total. The van der Waals surface area contributed by atoms with Gasteiger partial charge in [-0.15, -0.1) is 0 Å². The molecule has 0 saturated carbocycles. The van der Waals surface area contributed by atoms with Crippen molar-refractivity contribution in [2.75, 3.05) is 18.4 Å². The zero-order valence-electron chi connectivity index (χ0n) is 15.6. The Bertz CT molecular complexity index is 998. The summed E-state index contributed by atoms with van der Waals surface area (Å²) in [5.74, 6) is -0.144. The van der Waals surface area contributed by atoms with E-state index >= 15 is 0 Å². The van der Waals surface area contributed by atoms with Gasteiger partial charge in [-0.1, -0.05) is 34.1 Å². The first-order chi connectivity index (χ1) is 13.8. The third kappa shape index (κ3) is 4.34. The molecule has 1 aliphatic heterocycles. The summed E-state index contributed by atoms with van der Waals surface area (Å²) in [5, 5.41) is 11.2. The lowest BCUT2D eigenvalue weighted by molar-refractivity contribution is -0.384. The van der Waals surface area contributed by atoms with E-state index < -0.39 is 21.0 Å². The van der Waals surface area contributed by atoms with Crippen LogP contribution in [0.25, 0.3) is 0 Å². The average Bonchev–Trinajstić information content (AvgIpc) is 2.73. The largest absolute Gasteiger partial charge is 0.332 e. The van der Waals surface area contributed by atoms with Crippen molar-refractivity contribution in [1.82, 2.24) is 9.21 Å². The number of carbonyl (C=O) groups is 1. The van der Waals surface area contributed by atoms with Gasteiger partial charge in [-0.2, -0.15) is 4.31 Å². The van der Waals surface area contributed by atoms with Gasteiger partial charge in [-0.05, 0) is 31.2 Å². The first-order valence-corrected chi connectivity index (χ1v) is 11.5. The first-order valence-electron chi connectivity index (χ1n) is 8.94. The molecule has 2 aromatic rings. The van der Waals surface area contributed by atoms with Crippen LogP contribution < -0.4 is 0 Å². The Kier molecular flexibility index (Phi) is 6.35. The molecule has 0 radical (unpaired) electrons. The second-order valence-electron chi connectivity index (χ2n) is 6.81. The minimum absolute atomic E-state index is 0.00823. The minimum Gasteiger partial charge on any atom is -0.332 e. The third-order valence-corrected chi connectivity index (χ3v) is 7.64. The van der Waals surface area contributed by atoms with Gasteiger partial charge in [-0.3, -0.25) is 14.9 Å². The van der Waals surface area contributed by atoms with E-state index in [1.807, 2.05) is 6.07 Å². The van der Waals surface area contributed by atoms with Crippen LogP contribution in [0, 0.1) is 10.1 Å². The molecule has 1 fully saturated rings. The Morgan fingerprint density at radius 2 is 1.76 bits per heavy atom. The summed E-state index contributed by atoms with van der Waals surface area (Å²) in [6.07, 6.45) is 0. The number of benzene rings is 2. The van der Waals surface area contributed by atoms with Crippen LogP contribution in [0.5, 0.6) is 0 Å². The van der Waals surface area contributed by atoms with E-state index in [0.29, 0.717) is 10.9 Å². The Hall–Kier alpha value is -2.30. The van der Waals surface area contributed by atoms with Crippen LogP contribution >= 0.6 is 15.9 Å². The number of non-ortho nitro benzene ring substituents is 1. The van der Waals surface area contributed by atoms with Gasteiger partial charge >= 0.3 is 0 Å². The van der Waals surface area contributed by atoms with Gasteiger partial charge in [0.15, 0.2) is 0 Å². The smallest absolute Gasteiger partial charge is 0.269 e. The predicted octanol–water partition coefficient (Wildman–Crippen LogP) is 2.89. The number of amides is 1. The van der Waals surface area contributed by atoms with Crippen molar-refractivity contribution in [2.24, 2.45) is 0 Å². The molecular formula is C19H20BrN3O5S. The zero-order chi connectivity index (χ0) is 21.2. The maximum Gasteiger partial charge on any atom is 0.269 e. The van der Waals surface area contributed by atoms with Crippen molar-refractivity contribution in [2.45, 2.75) is 23.9 Å². The van der Waals surface area contributed by atoms with Crippen LogP contribution in [-0.4, -0.2) is 59.0 Å². The molecule has 8 nitrogen and oxygen atoms in total. The van der Waals surface area contributed by atoms with E-state index in [-0.39, 0.29) is 35.6 Å². The van der Waals surface area contributed by atoms with E-state index in [4.69, 9.17) is 0 Å². The summed E-state index contributed by atoms with van der Waals surface area (Å²) in [6.45, 7) is 2.12. The number of piperazine rings is 1. The van der Waals surface area contributed by atoms with Crippen LogP contribution in [-0.2, 0) is 10.0 Å². The molecule has 0 aliphatic carbocycles. The quantitative estimate of drug-likeness (QED) is 0.371. The third-order valence-electron chi connectivity index (χ3n) is 4.90. The monoisotopic (exact) mass is 481 g/mol. The number of halogens is 1. The SMILES string of the molecule is C[C@H]1CN(C(=O)c2ccccc2)[C@@H](CBr)CN1S(=O)(=O)c1ccc([N+](=O)[O-])cc1. The summed E-state index contributed by atoms with van der Waals surface area (Å²) in [7, 11) is -3.86. The standard InChI is InChI=1S/C19H20BrN3O5S/c1-14-12-21(19(24)15-5-3-2-4-6-15)17(11-20)13-22(14)29(27,28)18-9-7-16(8-10-18)23(25)26/h2-10,14,17H,11-13H2,1H3/t14-,17-/m0/s1. The molecule has 29 heavy (non-hydrogen) atoms. The second-order valence-corrected chi connectivity index (χ2v) is 9.34. The highest BCUT2D eigenvalue weighted by Gasteiger charge is 2.40. The Morgan fingerprint density at radius 1 is 1.14 bits per heavy atom. The lowest BCUT2D eigenvalue weighted by atomic mass is 10.1. The molecule has 2 aromatic carbocycles. The molecule has 0 bridgehead atoms. The molecular weight excluding hydrogens is 462 g/mol. The Balaban J connectivity index is 1.85. The van der Waals surface area contributed by atoms with Gasteiger partial charge in [0.25, 0.3) is 11.6 Å². The van der Waals surface area contributed by atoms with Gasteiger partial charge in [0, 0.05) is 42.2 Å². The van der Waals surface area contributed by atoms with Crippen molar-refractivity contribution < 1.29 is 18.1 Å². The van der Waals surface area contributed by atoms with Crippen molar-refractivity contribution in [3.63, 3.8) is 0 Å². The van der Waals surface area contributed by atoms with E-state index in [2.05, 4.69) is 15.9 Å². The van der Waals surface area contributed by atoms with Crippen molar-refractivity contribution in [3.8, 4) is 0 Å². The number of nitro benzene ring substituents is 1. The van der Waals surface area contributed by atoms with E-state index in [1.165, 1.54) is 28.6 Å². The van der Waals surface area contributed by atoms with Crippen molar-refractivity contribution in [1.29, 1.82) is 0 Å². The lowest BCUT2D eigenvalue weighted by Crippen LogP contribution is -2.60. The molecule has 3 rings (SSSR count). The lowest BCUT2D eigenvalue weighted by Gasteiger charge is -2.44. The number of nitro groups is 1. The number of nitrogens with zero attached hydrogens (tertiary/aromatic N) is 3. The zero-order valence-corrected chi connectivity index (χ0v) is 18.0. The van der Waals surface area contributed by atoms with Gasteiger partial charge in [0.1, 0.15) is 0 Å². The minimum atomic E-state index is -3.86. The number of alkyl halides is 1. The Labute approximate surface area is 177 Å². The van der Waals surface area contributed by atoms with Crippen LogP contribution in [0.15, 0.2) is 59.5 Å². The highest BCUT2D eigenvalue weighted by molar-refractivity contribution is 9.09. The predicted molar refractivity (Wildman–Crippen MR) is 112 cm³/mol.